The summed E-state index contributed by atoms with van der Waals surface area (Å²) >= 11 is 0. The predicted molar refractivity (Wildman–Crippen MR) is 61.7 cm³/mol. The average Bonchev–Trinajstić information content (AvgIpc) is 2.30. The van der Waals surface area contributed by atoms with Crippen LogP contribution in [0.15, 0.2) is 11.6 Å². The Morgan fingerprint density at radius 3 is 2.71 bits per heavy atom. The second-order valence-corrected chi connectivity index (χ2v) is 3.44. The topological polar surface area (TPSA) is 68.6 Å². The third-order valence-electron chi connectivity index (χ3n) is 1.87. The summed E-state index contributed by atoms with van der Waals surface area (Å²) in [7, 11) is 0. The summed E-state index contributed by atoms with van der Waals surface area (Å²) in [6, 6.07) is 1.78. The van der Waals surface area contributed by atoms with Crippen LogP contribution in [0.1, 0.15) is 33.6 Å². The Labute approximate surface area is 102 Å². The number of unbranched alkanes of at least 4 members (excludes halogenated alkanes) is 1. The average molecular weight is 241 g/mol. The lowest BCUT2D eigenvalue weighted by molar-refractivity contribution is -0.278. The maximum atomic E-state index is 11.3. The molecule has 1 atom stereocenters. The van der Waals surface area contributed by atoms with Crippen molar-refractivity contribution < 1.29 is 19.3 Å². The Balaban J connectivity index is 3.96. The summed E-state index contributed by atoms with van der Waals surface area (Å²) in [5, 5.41) is 8.72. The molecule has 0 heterocycles. The lowest BCUT2D eigenvalue weighted by Gasteiger charge is -2.10. The van der Waals surface area contributed by atoms with E-state index in [-0.39, 0.29) is 18.3 Å². The van der Waals surface area contributed by atoms with E-state index in [9.17, 15) is 4.79 Å². The smallest absolute Gasteiger partial charge is 0.376 e. The van der Waals surface area contributed by atoms with Crippen LogP contribution in [0.25, 0.3) is 0 Å². The van der Waals surface area contributed by atoms with Crippen molar-refractivity contribution in [3.05, 3.63) is 11.6 Å². The van der Waals surface area contributed by atoms with Gasteiger partial charge >= 0.3 is 5.97 Å². The van der Waals surface area contributed by atoms with E-state index < -0.39 is 5.97 Å². The highest BCUT2D eigenvalue weighted by Gasteiger charge is 2.12. The van der Waals surface area contributed by atoms with Crippen molar-refractivity contribution in [3.8, 4) is 6.07 Å². The second-order valence-electron chi connectivity index (χ2n) is 3.44. The number of nitriles is 1. The van der Waals surface area contributed by atoms with Gasteiger partial charge in [-0.3, -0.25) is 4.89 Å². The van der Waals surface area contributed by atoms with Gasteiger partial charge in [-0.15, -0.1) is 0 Å². The molecule has 0 aliphatic carbocycles. The zero-order chi connectivity index (χ0) is 13.1. The largest absolute Gasteiger partial charge is 0.383 e. The highest BCUT2D eigenvalue weighted by molar-refractivity contribution is 5.92. The molecule has 0 aromatic carbocycles. The summed E-state index contributed by atoms with van der Waals surface area (Å²) in [4.78, 5) is 20.5. The Hall–Kier alpha value is -1.38. The fourth-order valence-corrected chi connectivity index (χ4v) is 1.02. The first-order valence-electron chi connectivity index (χ1n) is 5.71. The highest BCUT2D eigenvalue weighted by Crippen LogP contribution is 2.02. The first-order chi connectivity index (χ1) is 8.15. The molecule has 0 fully saturated rings. The number of hydrogen-bond acceptors (Lipinski definition) is 5. The number of rotatable bonds is 8. The molecule has 0 N–H and O–H groups in total. The third kappa shape index (κ3) is 7.50. The first kappa shape index (κ1) is 15.6. The van der Waals surface area contributed by atoms with Crippen molar-refractivity contribution >= 4 is 5.97 Å². The quantitative estimate of drug-likeness (QED) is 0.282. The van der Waals surface area contributed by atoms with E-state index in [1.165, 1.54) is 6.08 Å². The Bertz CT molecular complexity index is 293. The van der Waals surface area contributed by atoms with Crippen LogP contribution in [0.4, 0.5) is 0 Å². The van der Waals surface area contributed by atoms with Gasteiger partial charge in [0, 0.05) is 6.61 Å². The van der Waals surface area contributed by atoms with Crippen molar-refractivity contribution in [1.29, 1.82) is 5.26 Å². The minimum Gasteiger partial charge on any atom is -0.376 e. The van der Waals surface area contributed by atoms with Crippen LogP contribution in [-0.2, 0) is 19.3 Å². The Kier molecular flexibility index (Phi) is 9.02. The number of ether oxygens (including phenoxy) is 1. The SMILES string of the molecule is CCCC=C(C#N)C(=O)OOCC(C)OCC. The maximum Gasteiger partial charge on any atom is 0.383 e. The zero-order valence-electron chi connectivity index (χ0n) is 10.6. The second kappa shape index (κ2) is 9.82. The molecule has 0 aliphatic heterocycles. The summed E-state index contributed by atoms with van der Waals surface area (Å²) in [5.41, 5.74) is -0.0316. The highest BCUT2D eigenvalue weighted by atomic mass is 17.2. The molecule has 0 spiro atoms. The molecule has 0 aliphatic rings. The lowest BCUT2D eigenvalue weighted by atomic mass is 10.2. The van der Waals surface area contributed by atoms with Crippen molar-refractivity contribution in [2.75, 3.05) is 13.2 Å². The molecular formula is C12H19NO4. The number of nitrogens with zero attached hydrogens (tertiary/aromatic N) is 1. The van der Waals surface area contributed by atoms with Crippen LogP contribution in [0, 0.1) is 11.3 Å². The molecule has 0 saturated carbocycles. The van der Waals surface area contributed by atoms with E-state index in [0.29, 0.717) is 13.0 Å². The maximum absolute atomic E-state index is 11.3. The first-order valence-corrected chi connectivity index (χ1v) is 5.71. The van der Waals surface area contributed by atoms with Crippen molar-refractivity contribution in [2.45, 2.75) is 39.7 Å². The molecule has 5 nitrogen and oxygen atoms in total. The molecular weight excluding hydrogens is 222 g/mol. The van der Waals surface area contributed by atoms with Gasteiger partial charge in [-0.1, -0.05) is 19.4 Å². The van der Waals surface area contributed by atoms with Crippen LogP contribution in [-0.4, -0.2) is 25.3 Å². The van der Waals surface area contributed by atoms with Crippen molar-refractivity contribution in [3.63, 3.8) is 0 Å². The van der Waals surface area contributed by atoms with E-state index in [0.717, 1.165) is 6.42 Å². The summed E-state index contributed by atoms with van der Waals surface area (Å²) in [5.74, 6) is -0.760. The molecule has 0 amide bonds. The molecule has 0 rings (SSSR count). The number of allylic oxidation sites excluding steroid dienone is 1. The van der Waals surface area contributed by atoms with Gasteiger partial charge in [-0.05, 0) is 20.3 Å². The number of carbonyl (C=O) groups excluding carboxylic acids is 1. The van der Waals surface area contributed by atoms with Crippen LogP contribution in [0.5, 0.6) is 0 Å². The summed E-state index contributed by atoms with van der Waals surface area (Å²) in [6.45, 7) is 6.33. The van der Waals surface area contributed by atoms with Gasteiger partial charge in [0.2, 0.25) is 0 Å². The fraction of sp³-hybridized carbons (Fsp3) is 0.667. The monoisotopic (exact) mass is 241 g/mol. The van der Waals surface area contributed by atoms with Crippen molar-refractivity contribution in [2.24, 2.45) is 0 Å². The molecule has 17 heavy (non-hydrogen) atoms. The molecule has 0 aromatic heterocycles. The zero-order valence-corrected chi connectivity index (χ0v) is 10.6. The summed E-state index contributed by atoms with van der Waals surface area (Å²) < 4.78 is 5.18. The standard InChI is InChI=1S/C12H19NO4/c1-4-6-7-11(8-13)12(14)17-16-9-10(3)15-5-2/h7,10H,4-6,9H2,1-3H3. The molecule has 0 bridgehead atoms. The van der Waals surface area contributed by atoms with Gasteiger partial charge in [-0.25, -0.2) is 4.79 Å². The molecule has 0 aromatic rings. The number of hydrogen-bond donors (Lipinski definition) is 0. The van der Waals surface area contributed by atoms with Crippen LogP contribution >= 0.6 is 0 Å². The Morgan fingerprint density at radius 2 is 2.18 bits per heavy atom. The van der Waals surface area contributed by atoms with Crippen LogP contribution in [0.2, 0.25) is 0 Å². The normalized spacial score (nSPS) is 12.9. The number of carbonyl (C=O) groups is 1. The van der Waals surface area contributed by atoms with Gasteiger partial charge < -0.3 is 4.74 Å². The van der Waals surface area contributed by atoms with Gasteiger partial charge in [0.05, 0.1) is 6.10 Å². The van der Waals surface area contributed by atoms with Crippen LogP contribution in [0.3, 0.4) is 0 Å². The van der Waals surface area contributed by atoms with Crippen molar-refractivity contribution in [1.82, 2.24) is 0 Å². The van der Waals surface area contributed by atoms with E-state index >= 15 is 0 Å². The Morgan fingerprint density at radius 1 is 1.47 bits per heavy atom. The molecule has 0 saturated heterocycles. The van der Waals surface area contributed by atoms with E-state index in [4.69, 9.17) is 14.9 Å². The van der Waals surface area contributed by atoms with Crippen LogP contribution < -0.4 is 0 Å². The summed E-state index contributed by atoms with van der Waals surface area (Å²) in [6.07, 6.45) is 2.91. The van der Waals surface area contributed by atoms with E-state index in [1.54, 1.807) is 13.0 Å². The minimum absolute atomic E-state index is 0.0316. The van der Waals surface area contributed by atoms with E-state index in [2.05, 4.69) is 4.89 Å². The molecule has 1 unspecified atom stereocenters. The fourth-order valence-electron chi connectivity index (χ4n) is 1.02. The lowest BCUT2D eigenvalue weighted by Crippen LogP contribution is -2.18. The predicted octanol–water partition coefficient (Wildman–Crippen LogP) is 2.14. The third-order valence-corrected chi connectivity index (χ3v) is 1.87. The molecule has 0 radical (unpaired) electrons. The van der Waals surface area contributed by atoms with Gasteiger partial charge in [0.25, 0.3) is 0 Å². The van der Waals surface area contributed by atoms with Gasteiger partial charge in [0.1, 0.15) is 18.2 Å². The molecule has 96 valence electrons. The van der Waals surface area contributed by atoms with E-state index in [1.807, 2.05) is 13.8 Å². The van der Waals surface area contributed by atoms with Gasteiger partial charge in [0.15, 0.2) is 0 Å². The molecule has 5 heteroatoms. The minimum atomic E-state index is -0.760. The van der Waals surface area contributed by atoms with Gasteiger partial charge in [-0.2, -0.15) is 10.1 Å².